The molecule has 6 heteroatoms. The molecule has 0 aromatic heterocycles. The smallest absolute Gasteiger partial charge is 0.119 e. The van der Waals surface area contributed by atoms with Gasteiger partial charge in [0, 0.05) is 24.1 Å². The lowest BCUT2D eigenvalue weighted by Gasteiger charge is -2.36. The van der Waals surface area contributed by atoms with Crippen LogP contribution in [-0.4, -0.2) is 67.8 Å². The number of benzene rings is 1. The summed E-state index contributed by atoms with van der Waals surface area (Å²) in [5.41, 5.74) is 0. The first-order valence-electron chi connectivity index (χ1n) is 8.05. The van der Waals surface area contributed by atoms with Gasteiger partial charge in [0.2, 0.25) is 0 Å². The molecule has 0 aliphatic carbocycles. The second-order valence-corrected chi connectivity index (χ2v) is 6.92. The highest BCUT2D eigenvalue weighted by Crippen LogP contribution is 2.16. The number of halogens is 1. The maximum absolute atomic E-state index is 10.1. The minimum Gasteiger partial charge on any atom is -0.491 e. The topological polar surface area (TPSA) is 51.2 Å². The minimum absolute atomic E-state index is 0.214. The number of β-amino-alcohol motifs (C(OH)–C–C–N with tert-alkyl or cyclic N) is 1. The van der Waals surface area contributed by atoms with Gasteiger partial charge < -0.3 is 19.3 Å². The molecule has 2 rings (SSSR count). The highest BCUT2D eigenvalue weighted by Gasteiger charge is 2.23. The average Bonchev–Trinajstić information content (AvgIpc) is 2.47. The van der Waals surface area contributed by atoms with Gasteiger partial charge in [-0.2, -0.15) is 0 Å². The Hall–Kier alpha value is -0.660. The summed E-state index contributed by atoms with van der Waals surface area (Å²) in [6.45, 7) is 7.70. The van der Waals surface area contributed by atoms with Crippen LogP contribution in [0.15, 0.2) is 28.7 Å². The van der Waals surface area contributed by atoms with E-state index in [2.05, 4.69) is 34.7 Å². The van der Waals surface area contributed by atoms with E-state index in [9.17, 15) is 5.11 Å². The fourth-order valence-electron chi connectivity index (χ4n) is 2.75. The standard InChI is InChI=1S/C17H26BrNO4/c1-13-9-19(10-14(2)23-13)11-16(20)12-21-7-8-22-17-5-3-15(18)4-6-17/h3-6,13-14,16,20H,7-12H2,1-2H3. The quantitative estimate of drug-likeness (QED) is 0.693. The van der Waals surface area contributed by atoms with Gasteiger partial charge in [0.15, 0.2) is 0 Å². The molecule has 1 fully saturated rings. The summed E-state index contributed by atoms with van der Waals surface area (Å²) in [5, 5.41) is 10.1. The van der Waals surface area contributed by atoms with Gasteiger partial charge in [0.25, 0.3) is 0 Å². The van der Waals surface area contributed by atoms with Gasteiger partial charge in [0.05, 0.1) is 31.5 Å². The van der Waals surface area contributed by atoms with E-state index in [4.69, 9.17) is 14.2 Å². The van der Waals surface area contributed by atoms with Crippen LogP contribution in [0.2, 0.25) is 0 Å². The van der Waals surface area contributed by atoms with Gasteiger partial charge in [-0.05, 0) is 38.1 Å². The predicted octanol–water partition coefficient (Wildman–Crippen LogP) is 2.31. The van der Waals surface area contributed by atoms with E-state index < -0.39 is 6.10 Å². The molecule has 0 bridgehead atoms. The number of aliphatic hydroxyl groups is 1. The summed E-state index contributed by atoms with van der Waals surface area (Å²) < 4.78 is 17.8. The van der Waals surface area contributed by atoms with Crippen molar-refractivity contribution >= 4 is 15.9 Å². The maximum Gasteiger partial charge on any atom is 0.119 e. The van der Waals surface area contributed by atoms with Gasteiger partial charge in [-0.15, -0.1) is 0 Å². The number of aliphatic hydroxyl groups excluding tert-OH is 1. The number of hydrogen-bond donors (Lipinski definition) is 1. The Morgan fingerprint density at radius 1 is 1.22 bits per heavy atom. The van der Waals surface area contributed by atoms with Crippen molar-refractivity contribution in [3.8, 4) is 5.75 Å². The highest BCUT2D eigenvalue weighted by atomic mass is 79.9. The van der Waals surface area contributed by atoms with Gasteiger partial charge >= 0.3 is 0 Å². The first-order valence-corrected chi connectivity index (χ1v) is 8.84. The molecule has 1 aliphatic rings. The molecule has 5 nitrogen and oxygen atoms in total. The van der Waals surface area contributed by atoms with E-state index in [1.165, 1.54) is 0 Å². The van der Waals surface area contributed by atoms with Gasteiger partial charge in [0.1, 0.15) is 12.4 Å². The van der Waals surface area contributed by atoms with Crippen molar-refractivity contribution in [1.29, 1.82) is 0 Å². The maximum atomic E-state index is 10.1. The van der Waals surface area contributed by atoms with Crippen LogP contribution in [0.1, 0.15) is 13.8 Å². The average molecular weight is 388 g/mol. The Bertz CT molecular complexity index is 446. The zero-order chi connectivity index (χ0) is 16.7. The van der Waals surface area contributed by atoms with Crippen molar-refractivity contribution in [2.75, 3.05) is 39.5 Å². The number of nitrogens with zero attached hydrogens (tertiary/aromatic N) is 1. The Balaban J connectivity index is 1.56. The van der Waals surface area contributed by atoms with E-state index in [1.807, 2.05) is 24.3 Å². The summed E-state index contributed by atoms with van der Waals surface area (Å²) in [4.78, 5) is 2.23. The summed E-state index contributed by atoms with van der Waals surface area (Å²) >= 11 is 3.38. The predicted molar refractivity (Wildman–Crippen MR) is 92.9 cm³/mol. The molecule has 0 radical (unpaired) electrons. The molecular weight excluding hydrogens is 362 g/mol. The number of rotatable bonds is 8. The fraction of sp³-hybridized carbons (Fsp3) is 0.647. The molecule has 23 heavy (non-hydrogen) atoms. The van der Waals surface area contributed by atoms with Gasteiger partial charge in [-0.1, -0.05) is 15.9 Å². The molecule has 1 N–H and O–H groups in total. The zero-order valence-electron chi connectivity index (χ0n) is 13.8. The summed E-state index contributed by atoms with van der Waals surface area (Å²) in [5.74, 6) is 0.814. The van der Waals surface area contributed by atoms with Crippen molar-refractivity contribution < 1.29 is 19.3 Å². The van der Waals surface area contributed by atoms with Crippen LogP contribution >= 0.6 is 15.9 Å². The molecule has 3 unspecified atom stereocenters. The van der Waals surface area contributed by atoms with Crippen LogP contribution in [-0.2, 0) is 9.47 Å². The second kappa shape index (κ2) is 9.59. The van der Waals surface area contributed by atoms with Gasteiger partial charge in [-0.25, -0.2) is 0 Å². The number of ether oxygens (including phenoxy) is 3. The lowest BCUT2D eigenvalue weighted by molar-refractivity contribution is -0.0824. The molecule has 3 atom stereocenters. The Labute approximate surface area is 146 Å². The lowest BCUT2D eigenvalue weighted by Crippen LogP contribution is -2.48. The second-order valence-electron chi connectivity index (χ2n) is 6.01. The molecule has 0 spiro atoms. The largest absolute Gasteiger partial charge is 0.491 e. The van der Waals surface area contributed by atoms with Crippen LogP contribution in [0.3, 0.4) is 0 Å². The summed E-state index contributed by atoms with van der Waals surface area (Å²) in [6.07, 6.45) is -0.0578. The monoisotopic (exact) mass is 387 g/mol. The minimum atomic E-state index is -0.486. The van der Waals surface area contributed by atoms with Crippen molar-refractivity contribution in [1.82, 2.24) is 4.90 Å². The summed E-state index contributed by atoms with van der Waals surface area (Å²) in [6, 6.07) is 7.67. The Morgan fingerprint density at radius 3 is 2.52 bits per heavy atom. The van der Waals surface area contributed by atoms with Crippen LogP contribution in [0, 0.1) is 0 Å². The Kier molecular flexibility index (Phi) is 7.79. The first-order chi connectivity index (χ1) is 11.0. The molecule has 1 saturated heterocycles. The zero-order valence-corrected chi connectivity index (χ0v) is 15.4. The van der Waals surface area contributed by atoms with Crippen molar-refractivity contribution in [3.05, 3.63) is 28.7 Å². The molecule has 1 aliphatic heterocycles. The van der Waals surface area contributed by atoms with E-state index >= 15 is 0 Å². The number of hydrogen-bond acceptors (Lipinski definition) is 5. The molecule has 0 saturated carbocycles. The molecular formula is C17H26BrNO4. The molecule has 1 aromatic carbocycles. The SMILES string of the molecule is CC1CN(CC(O)COCCOc2ccc(Br)cc2)CC(C)O1. The van der Waals surface area contributed by atoms with E-state index in [0.717, 1.165) is 23.3 Å². The van der Waals surface area contributed by atoms with Crippen LogP contribution in [0.4, 0.5) is 0 Å². The van der Waals surface area contributed by atoms with E-state index in [0.29, 0.717) is 26.4 Å². The first kappa shape index (κ1) is 18.7. The molecule has 0 amide bonds. The van der Waals surface area contributed by atoms with Crippen molar-refractivity contribution in [3.63, 3.8) is 0 Å². The van der Waals surface area contributed by atoms with Crippen LogP contribution < -0.4 is 4.74 Å². The third kappa shape index (κ3) is 7.18. The van der Waals surface area contributed by atoms with Crippen molar-refractivity contribution in [2.24, 2.45) is 0 Å². The summed E-state index contributed by atoms with van der Waals surface area (Å²) in [7, 11) is 0. The van der Waals surface area contributed by atoms with E-state index in [-0.39, 0.29) is 12.2 Å². The highest BCUT2D eigenvalue weighted by molar-refractivity contribution is 9.10. The Morgan fingerprint density at radius 2 is 1.87 bits per heavy atom. The van der Waals surface area contributed by atoms with Crippen LogP contribution in [0.5, 0.6) is 5.75 Å². The third-order valence-electron chi connectivity index (χ3n) is 3.58. The van der Waals surface area contributed by atoms with Crippen LogP contribution in [0.25, 0.3) is 0 Å². The lowest BCUT2D eigenvalue weighted by atomic mass is 10.2. The molecule has 1 aromatic rings. The van der Waals surface area contributed by atoms with Gasteiger partial charge in [-0.3, -0.25) is 4.90 Å². The van der Waals surface area contributed by atoms with E-state index in [1.54, 1.807) is 0 Å². The number of morpholine rings is 1. The normalized spacial score (nSPS) is 23.7. The molecule has 1 heterocycles. The molecule has 130 valence electrons. The van der Waals surface area contributed by atoms with Crippen molar-refractivity contribution in [2.45, 2.75) is 32.2 Å². The fourth-order valence-corrected chi connectivity index (χ4v) is 3.02. The third-order valence-corrected chi connectivity index (χ3v) is 4.11.